The van der Waals surface area contributed by atoms with Crippen LogP contribution in [-0.2, 0) is 22.7 Å². The van der Waals surface area contributed by atoms with Crippen LogP contribution in [0.3, 0.4) is 0 Å². The number of para-hydroxylation sites is 1. The second-order valence-corrected chi connectivity index (χ2v) is 6.17. The van der Waals surface area contributed by atoms with E-state index in [0.717, 1.165) is 11.1 Å². The number of esters is 1. The fraction of sp³-hybridized carbons (Fsp3) is 0.200. The van der Waals surface area contributed by atoms with Gasteiger partial charge in [-0.3, -0.25) is 9.59 Å². The van der Waals surface area contributed by atoms with E-state index in [1.54, 1.807) is 36.4 Å². The lowest BCUT2D eigenvalue weighted by molar-refractivity contribution is -0.119. The number of fused-ring (bicyclic) bond motifs is 1. The van der Waals surface area contributed by atoms with E-state index >= 15 is 0 Å². The number of aryl methyl sites for hydroxylation is 1. The maximum absolute atomic E-state index is 12.2. The average molecular weight is 365 g/mol. The molecule has 1 aromatic heterocycles. The summed E-state index contributed by atoms with van der Waals surface area (Å²) in [6.45, 7) is 3.57. The fourth-order valence-corrected chi connectivity index (χ4v) is 2.62. The van der Waals surface area contributed by atoms with Crippen molar-refractivity contribution >= 4 is 22.8 Å². The molecule has 3 rings (SSSR count). The van der Waals surface area contributed by atoms with Gasteiger partial charge < -0.3 is 15.0 Å². The van der Waals surface area contributed by atoms with Crippen LogP contribution in [0.1, 0.15) is 34.2 Å². The second-order valence-electron chi connectivity index (χ2n) is 6.17. The molecule has 1 amide bonds. The summed E-state index contributed by atoms with van der Waals surface area (Å²) >= 11 is 0. The molecular formula is C20H19N3O4. The summed E-state index contributed by atoms with van der Waals surface area (Å²) in [5.74, 6) is -0.350. The minimum Gasteiger partial charge on any atom is -0.454 e. The van der Waals surface area contributed by atoms with Gasteiger partial charge in [0.1, 0.15) is 12.4 Å². The number of nitrogens with one attached hydrogen (secondary N) is 2. The van der Waals surface area contributed by atoms with Crippen molar-refractivity contribution in [2.75, 3.05) is 0 Å². The molecule has 0 spiro atoms. The Labute approximate surface area is 155 Å². The Hall–Kier alpha value is -3.48. The Morgan fingerprint density at radius 1 is 1.15 bits per heavy atom. The molecule has 0 atom stereocenters. The van der Waals surface area contributed by atoms with Gasteiger partial charge >= 0.3 is 5.97 Å². The zero-order chi connectivity index (χ0) is 19.4. The van der Waals surface area contributed by atoms with E-state index < -0.39 is 5.97 Å². The van der Waals surface area contributed by atoms with Crippen LogP contribution in [0.4, 0.5) is 0 Å². The summed E-state index contributed by atoms with van der Waals surface area (Å²) in [5, 5.41) is 3.18. The molecule has 27 heavy (non-hydrogen) atoms. The summed E-state index contributed by atoms with van der Waals surface area (Å²) in [6.07, 6.45) is 0. The number of hydrogen-bond donors (Lipinski definition) is 2. The molecule has 0 saturated carbocycles. The first-order valence-corrected chi connectivity index (χ1v) is 8.43. The molecule has 2 N–H and O–H groups in total. The maximum Gasteiger partial charge on any atom is 0.338 e. The van der Waals surface area contributed by atoms with Gasteiger partial charge in [-0.2, -0.15) is 0 Å². The van der Waals surface area contributed by atoms with E-state index in [0.29, 0.717) is 23.0 Å². The average Bonchev–Trinajstić information content (AvgIpc) is 2.66. The minimum atomic E-state index is -0.520. The number of carbonyl (C=O) groups excluding carboxylic acids is 2. The van der Waals surface area contributed by atoms with Gasteiger partial charge in [0.15, 0.2) is 0 Å². The molecule has 3 aromatic rings. The molecular weight excluding hydrogens is 346 g/mol. The standard InChI is InChI=1S/C20H19N3O4/c1-12-4-3-5-16-18(12)22-17(23-19(16)25)11-27-20(26)15-8-6-14(7-9-15)10-21-13(2)24/h3-9H,10-11H2,1-2H3,(H,21,24)(H,22,23,25). The van der Waals surface area contributed by atoms with Gasteiger partial charge in [0.05, 0.1) is 16.5 Å². The Kier molecular flexibility index (Phi) is 5.30. The normalized spacial score (nSPS) is 10.6. The zero-order valence-corrected chi connectivity index (χ0v) is 15.0. The van der Waals surface area contributed by atoms with Crippen molar-refractivity contribution in [2.24, 2.45) is 0 Å². The highest BCUT2D eigenvalue weighted by atomic mass is 16.5. The first-order chi connectivity index (χ1) is 12.9. The molecule has 0 aliphatic heterocycles. The third-order valence-electron chi connectivity index (χ3n) is 4.06. The van der Waals surface area contributed by atoms with E-state index in [9.17, 15) is 14.4 Å². The molecule has 0 aliphatic carbocycles. The summed E-state index contributed by atoms with van der Waals surface area (Å²) < 4.78 is 5.25. The van der Waals surface area contributed by atoms with Crippen LogP contribution in [0.5, 0.6) is 0 Å². The lowest BCUT2D eigenvalue weighted by Gasteiger charge is -2.07. The third kappa shape index (κ3) is 4.38. The van der Waals surface area contributed by atoms with E-state index in [2.05, 4.69) is 15.3 Å². The van der Waals surface area contributed by atoms with Crippen molar-refractivity contribution in [3.8, 4) is 0 Å². The molecule has 0 fully saturated rings. The number of nitrogens with zero attached hydrogens (tertiary/aromatic N) is 1. The van der Waals surface area contributed by atoms with Crippen molar-refractivity contribution in [2.45, 2.75) is 27.0 Å². The third-order valence-corrected chi connectivity index (χ3v) is 4.06. The topological polar surface area (TPSA) is 101 Å². The molecule has 138 valence electrons. The highest BCUT2D eigenvalue weighted by Crippen LogP contribution is 2.13. The monoisotopic (exact) mass is 365 g/mol. The Bertz CT molecular complexity index is 1060. The van der Waals surface area contributed by atoms with Crippen LogP contribution in [-0.4, -0.2) is 21.8 Å². The minimum absolute atomic E-state index is 0.120. The summed E-state index contributed by atoms with van der Waals surface area (Å²) in [6, 6.07) is 12.1. The van der Waals surface area contributed by atoms with Gasteiger partial charge in [0.25, 0.3) is 5.56 Å². The van der Waals surface area contributed by atoms with Gasteiger partial charge in [-0.05, 0) is 36.2 Å². The highest BCUT2D eigenvalue weighted by Gasteiger charge is 2.10. The van der Waals surface area contributed by atoms with Gasteiger partial charge in [-0.1, -0.05) is 24.3 Å². The van der Waals surface area contributed by atoms with Crippen molar-refractivity contribution in [3.63, 3.8) is 0 Å². The fourth-order valence-electron chi connectivity index (χ4n) is 2.62. The molecule has 1 heterocycles. The number of aromatic nitrogens is 2. The van der Waals surface area contributed by atoms with Crippen LogP contribution in [0.15, 0.2) is 47.3 Å². The van der Waals surface area contributed by atoms with Crippen molar-refractivity contribution in [3.05, 3.63) is 75.3 Å². The van der Waals surface area contributed by atoms with E-state index in [1.165, 1.54) is 6.92 Å². The smallest absolute Gasteiger partial charge is 0.338 e. The zero-order valence-electron chi connectivity index (χ0n) is 15.0. The SMILES string of the molecule is CC(=O)NCc1ccc(C(=O)OCc2nc3c(C)cccc3c(=O)[nH]2)cc1. The summed E-state index contributed by atoms with van der Waals surface area (Å²) in [7, 11) is 0. The van der Waals surface area contributed by atoms with Gasteiger partial charge in [0, 0.05) is 13.5 Å². The van der Waals surface area contributed by atoms with Crippen LogP contribution in [0, 0.1) is 6.92 Å². The lowest BCUT2D eigenvalue weighted by Crippen LogP contribution is -2.19. The first kappa shape index (κ1) is 18.3. The maximum atomic E-state index is 12.2. The molecule has 7 nitrogen and oxygen atoms in total. The largest absolute Gasteiger partial charge is 0.454 e. The quantitative estimate of drug-likeness (QED) is 0.675. The first-order valence-electron chi connectivity index (χ1n) is 8.43. The molecule has 0 radical (unpaired) electrons. The summed E-state index contributed by atoms with van der Waals surface area (Å²) in [5.41, 5.74) is 2.45. The van der Waals surface area contributed by atoms with Crippen LogP contribution in [0.25, 0.3) is 10.9 Å². The Morgan fingerprint density at radius 3 is 2.59 bits per heavy atom. The molecule has 2 aromatic carbocycles. The Morgan fingerprint density at radius 2 is 1.89 bits per heavy atom. The second kappa shape index (κ2) is 7.82. The lowest BCUT2D eigenvalue weighted by atomic mass is 10.1. The molecule has 0 aliphatic rings. The number of carbonyl (C=O) groups is 2. The van der Waals surface area contributed by atoms with E-state index in [-0.39, 0.29) is 23.9 Å². The predicted octanol–water partition coefficient (Wildman–Crippen LogP) is 2.22. The number of benzene rings is 2. The number of ether oxygens (including phenoxy) is 1. The summed E-state index contributed by atoms with van der Waals surface area (Å²) in [4.78, 5) is 42.3. The van der Waals surface area contributed by atoms with Gasteiger partial charge in [-0.15, -0.1) is 0 Å². The Balaban J connectivity index is 1.68. The molecule has 7 heteroatoms. The van der Waals surface area contributed by atoms with Crippen LogP contribution < -0.4 is 10.9 Å². The van der Waals surface area contributed by atoms with E-state index in [1.807, 2.05) is 13.0 Å². The van der Waals surface area contributed by atoms with Crippen molar-refractivity contribution < 1.29 is 14.3 Å². The number of hydrogen-bond acceptors (Lipinski definition) is 5. The van der Waals surface area contributed by atoms with Crippen LogP contribution >= 0.6 is 0 Å². The molecule has 0 bridgehead atoms. The van der Waals surface area contributed by atoms with Gasteiger partial charge in [-0.25, -0.2) is 9.78 Å². The van der Waals surface area contributed by atoms with Crippen LogP contribution in [0.2, 0.25) is 0 Å². The number of H-pyrrole nitrogens is 1. The predicted molar refractivity (Wildman–Crippen MR) is 100 cm³/mol. The van der Waals surface area contributed by atoms with Crippen molar-refractivity contribution in [1.29, 1.82) is 0 Å². The number of amides is 1. The van der Waals surface area contributed by atoms with Crippen molar-refractivity contribution in [1.82, 2.24) is 15.3 Å². The molecule has 0 unspecified atom stereocenters. The highest BCUT2D eigenvalue weighted by molar-refractivity contribution is 5.89. The molecule has 0 saturated heterocycles. The number of rotatable bonds is 5. The number of aromatic amines is 1. The van der Waals surface area contributed by atoms with E-state index in [4.69, 9.17) is 4.74 Å². The van der Waals surface area contributed by atoms with Gasteiger partial charge in [0.2, 0.25) is 5.91 Å².